The first-order valence-electron chi connectivity index (χ1n) is 9.72. The van der Waals surface area contributed by atoms with Crippen LogP contribution in [0.4, 0.5) is 0 Å². The molecule has 5 aromatic rings. The number of carbonyl (C=O) groups is 1. The monoisotopic (exact) mass is 392 g/mol. The normalized spacial score (nSPS) is 11.1. The van der Waals surface area contributed by atoms with E-state index in [9.17, 15) is 9.59 Å². The predicted molar refractivity (Wildman–Crippen MR) is 116 cm³/mol. The third-order valence-corrected chi connectivity index (χ3v) is 5.26. The van der Waals surface area contributed by atoms with Crippen molar-refractivity contribution in [1.29, 1.82) is 0 Å². The average Bonchev–Trinajstić information content (AvgIpc) is 2.79. The molecule has 0 amide bonds. The highest BCUT2D eigenvalue weighted by Gasteiger charge is 2.15. The van der Waals surface area contributed by atoms with Crippen LogP contribution in [0.2, 0.25) is 0 Å². The first-order valence-corrected chi connectivity index (χ1v) is 9.72. The zero-order chi connectivity index (χ0) is 20.5. The van der Waals surface area contributed by atoms with Crippen LogP contribution in [-0.2, 0) is 6.54 Å². The lowest BCUT2D eigenvalue weighted by Crippen LogP contribution is -2.34. The smallest absolute Gasteiger partial charge is 0.336 e. The summed E-state index contributed by atoms with van der Waals surface area (Å²) in [5.41, 5.74) is 2.37. The van der Waals surface area contributed by atoms with E-state index >= 15 is 0 Å². The van der Waals surface area contributed by atoms with E-state index in [1.54, 1.807) is 18.2 Å². The minimum absolute atomic E-state index is 0.0143. The number of fused-ring (bicyclic) bond motifs is 3. The molecule has 4 nitrogen and oxygen atoms in total. The molecule has 0 saturated carbocycles. The van der Waals surface area contributed by atoms with Gasteiger partial charge in [0.25, 0.3) is 0 Å². The molecule has 5 rings (SSSR count). The third kappa shape index (κ3) is 3.29. The van der Waals surface area contributed by atoms with Gasteiger partial charge in [0, 0.05) is 40.3 Å². The van der Waals surface area contributed by atoms with Gasteiger partial charge < -0.3 is 4.42 Å². The van der Waals surface area contributed by atoms with Crippen molar-refractivity contribution in [2.75, 3.05) is 0 Å². The number of aromatic nitrogens is 1. The molecule has 0 N–H and O–H groups in total. The second kappa shape index (κ2) is 7.41. The maximum absolute atomic E-state index is 12.6. The molecule has 2 heterocycles. The molecule has 0 bridgehead atoms. The summed E-state index contributed by atoms with van der Waals surface area (Å²) < 4.78 is 7.39. The van der Waals surface area contributed by atoms with E-state index < -0.39 is 0 Å². The molecular weight excluding hydrogens is 374 g/mol. The molecule has 0 spiro atoms. The van der Waals surface area contributed by atoms with Gasteiger partial charge in [0.05, 0.1) is 0 Å². The van der Waals surface area contributed by atoms with Crippen LogP contribution in [0.3, 0.4) is 0 Å². The minimum atomic E-state index is -0.371. The number of hydrogen-bond donors (Lipinski definition) is 0. The largest absolute Gasteiger partial charge is 0.423 e. The highest BCUT2D eigenvalue weighted by molar-refractivity contribution is 6.09. The lowest BCUT2D eigenvalue weighted by molar-refractivity contribution is -0.688. The Bertz CT molecular complexity index is 1430. The number of pyridine rings is 1. The van der Waals surface area contributed by atoms with Gasteiger partial charge in [-0.05, 0) is 16.8 Å². The molecule has 0 saturated heterocycles. The van der Waals surface area contributed by atoms with Gasteiger partial charge in [-0.3, -0.25) is 4.79 Å². The molecule has 0 radical (unpaired) electrons. The van der Waals surface area contributed by atoms with Crippen LogP contribution >= 0.6 is 0 Å². The van der Waals surface area contributed by atoms with Crippen molar-refractivity contribution in [3.63, 3.8) is 0 Å². The first-order chi connectivity index (χ1) is 14.7. The third-order valence-electron chi connectivity index (χ3n) is 5.26. The SMILES string of the molecule is O=C(c1ccccc1)c1cc[n+](Cc2cc(=O)oc3ccc4ccccc4c23)cc1. The first kappa shape index (κ1) is 18.0. The quantitative estimate of drug-likeness (QED) is 0.196. The molecule has 0 aliphatic heterocycles. The molecule has 0 aliphatic carbocycles. The van der Waals surface area contributed by atoms with Crippen molar-refractivity contribution < 1.29 is 13.8 Å². The summed E-state index contributed by atoms with van der Waals surface area (Å²) in [6, 6.07) is 26.2. The maximum Gasteiger partial charge on any atom is 0.336 e. The van der Waals surface area contributed by atoms with Gasteiger partial charge in [0.1, 0.15) is 5.58 Å². The predicted octanol–water partition coefficient (Wildman–Crippen LogP) is 4.51. The van der Waals surface area contributed by atoms with Crippen LogP contribution in [0.5, 0.6) is 0 Å². The number of benzene rings is 3. The summed E-state index contributed by atoms with van der Waals surface area (Å²) in [6.07, 6.45) is 3.73. The Morgan fingerprint density at radius 2 is 1.50 bits per heavy atom. The molecule has 0 unspecified atom stereocenters. The minimum Gasteiger partial charge on any atom is -0.423 e. The molecule has 0 atom stereocenters. The van der Waals surface area contributed by atoms with Crippen LogP contribution < -0.4 is 10.2 Å². The fraction of sp³-hybridized carbons (Fsp3) is 0.0385. The Labute approximate surface area is 172 Å². The maximum atomic E-state index is 12.6. The van der Waals surface area contributed by atoms with Crippen molar-refractivity contribution in [1.82, 2.24) is 0 Å². The molecule has 0 aliphatic rings. The van der Waals surface area contributed by atoms with E-state index in [0.29, 0.717) is 23.3 Å². The Morgan fingerprint density at radius 1 is 0.800 bits per heavy atom. The number of hydrogen-bond acceptors (Lipinski definition) is 3. The number of nitrogens with zero attached hydrogens (tertiary/aromatic N) is 1. The average molecular weight is 392 g/mol. The van der Waals surface area contributed by atoms with Gasteiger partial charge in [-0.25, -0.2) is 9.36 Å². The van der Waals surface area contributed by atoms with Crippen molar-refractivity contribution in [3.05, 3.63) is 124 Å². The molecule has 30 heavy (non-hydrogen) atoms. The van der Waals surface area contributed by atoms with E-state index in [1.165, 1.54) is 0 Å². The molecule has 144 valence electrons. The molecule has 2 aromatic heterocycles. The van der Waals surface area contributed by atoms with Crippen molar-refractivity contribution in [3.8, 4) is 0 Å². The standard InChI is InChI=1S/C26H18NO3/c28-24-16-21(25-22-9-5-4-6-18(22)10-11-23(25)30-24)17-27-14-12-20(13-15-27)26(29)19-7-2-1-3-8-19/h1-16H,17H2/q+1. The Kier molecular flexibility index (Phi) is 4.45. The second-order valence-electron chi connectivity index (χ2n) is 7.20. The van der Waals surface area contributed by atoms with Crippen molar-refractivity contribution in [2.24, 2.45) is 0 Å². The highest BCUT2D eigenvalue weighted by atomic mass is 16.4. The number of ketones is 1. The summed E-state index contributed by atoms with van der Waals surface area (Å²) in [6.45, 7) is 0.496. The van der Waals surface area contributed by atoms with E-state index in [-0.39, 0.29) is 11.4 Å². The summed E-state index contributed by atoms with van der Waals surface area (Å²) in [5, 5.41) is 3.07. The molecule has 4 heteroatoms. The Balaban J connectivity index is 1.54. The van der Waals surface area contributed by atoms with Crippen LogP contribution in [-0.4, -0.2) is 5.78 Å². The summed E-state index contributed by atoms with van der Waals surface area (Å²) in [7, 11) is 0. The van der Waals surface area contributed by atoms with Gasteiger partial charge in [-0.15, -0.1) is 0 Å². The van der Waals surface area contributed by atoms with E-state index in [2.05, 4.69) is 0 Å². The fourth-order valence-corrected chi connectivity index (χ4v) is 3.81. The molecular formula is C26H18NO3+. The van der Waals surface area contributed by atoms with Gasteiger partial charge in [0.15, 0.2) is 24.7 Å². The van der Waals surface area contributed by atoms with E-state index in [1.807, 2.05) is 83.7 Å². The fourth-order valence-electron chi connectivity index (χ4n) is 3.81. The topological polar surface area (TPSA) is 51.2 Å². The molecule has 3 aromatic carbocycles. The number of rotatable bonds is 4. The van der Waals surface area contributed by atoms with Gasteiger partial charge in [-0.1, -0.05) is 60.7 Å². The van der Waals surface area contributed by atoms with E-state index in [0.717, 1.165) is 21.7 Å². The van der Waals surface area contributed by atoms with Crippen LogP contribution in [0.15, 0.2) is 107 Å². The number of carbonyl (C=O) groups excluding carboxylic acids is 1. The van der Waals surface area contributed by atoms with Crippen LogP contribution in [0, 0.1) is 0 Å². The van der Waals surface area contributed by atoms with Crippen molar-refractivity contribution in [2.45, 2.75) is 6.54 Å². The zero-order valence-electron chi connectivity index (χ0n) is 16.1. The zero-order valence-corrected chi connectivity index (χ0v) is 16.1. The van der Waals surface area contributed by atoms with Crippen LogP contribution in [0.25, 0.3) is 21.7 Å². The van der Waals surface area contributed by atoms with Gasteiger partial charge in [-0.2, -0.15) is 0 Å². The molecule has 0 fully saturated rings. The van der Waals surface area contributed by atoms with E-state index in [4.69, 9.17) is 4.42 Å². The Hall–Kier alpha value is -4.05. The summed E-state index contributed by atoms with van der Waals surface area (Å²) >= 11 is 0. The lowest BCUT2D eigenvalue weighted by Gasteiger charge is -2.07. The van der Waals surface area contributed by atoms with Crippen molar-refractivity contribution >= 4 is 27.5 Å². The van der Waals surface area contributed by atoms with Gasteiger partial charge in [0.2, 0.25) is 0 Å². The second-order valence-corrected chi connectivity index (χ2v) is 7.20. The van der Waals surface area contributed by atoms with Gasteiger partial charge >= 0.3 is 5.63 Å². The Morgan fingerprint density at radius 3 is 2.30 bits per heavy atom. The summed E-state index contributed by atoms with van der Waals surface area (Å²) in [5.74, 6) is -0.0143. The van der Waals surface area contributed by atoms with Crippen LogP contribution in [0.1, 0.15) is 21.5 Å². The highest BCUT2D eigenvalue weighted by Crippen LogP contribution is 2.27. The summed E-state index contributed by atoms with van der Waals surface area (Å²) in [4.78, 5) is 24.7. The lowest BCUT2D eigenvalue weighted by atomic mass is 10.0.